The van der Waals surface area contributed by atoms with Crippen LogP contribution in [-0.4, -0.2) is 23.0 Å². The van der Waals surface area contributed by atoms with Crippen LogP contribution in [0.5, 0.6) is 5.75 Å². The number of carbonyl (C=O) groups excluding carboxylic acids is 1. The Morgan fingerprint density at radius 3 is 2.42 bits per heavy atom. The molecule has 7 heteroatoms. The van der Waals surface area contributed by atoms with Gasteiger partial charge in [-0.15, -0.1) is 0 Å². The van der Waals surface area contributed by atoms with E-state index in [1.54, 1.807) is 18.2 Å². The largest absolute Gasteiger partial charge is 0.495 e. The Morgan fingerprint density at radius 2 is 1.77 bits per heavy atom. The summed E-state index contributed by atoms with van der Waals surface area (Å²) in [4.78, 5) is 20.7. The fourth-order valence-electron chi connectivity index (χ4n) is 2.25. The van der Waals surface area contributed by atoms with Crippen LogP contribution in [0.4, 0.5) is 17.3 Å². The second-order valence-electron chi connectivity index (χ2n) is 5.59. The molecule has 6 nitrogen and oxygen atoms in total. The zero-order chi connectivity index (χ0) is 18.5. The average Bonchev–Trinajstić information content (AvgIpc) is 2.64. The highest BCUT2D eigenvalue weighted by atomic mass is 35.5. The van der Waals surface area contributed by atoms with Gasteiger partial charge >= 0.3 is 0 Å². The topological polar surface area (TPSA) is 76.1 Å². The summed E-state index contributed by atoms with van der Waals surface area (Å²) < 4.78 is 5.22. The van der Waals surface area contributed by atoms with E-state index < -0.39 is 0 Å². The molecule has 0 saturated carbocycles. The van der Waals surface area contributed by atoms with Gasteiger partial charge in [0.1, 0.15) is 5.75 Å². The number of amides is 1. The van der Waals surface area contributed by atoms with Crippen LogP contribution in [0, 0.1) is 6.92 Å². The summed E-state index contributed by atoms with van der Waals surface area (Å²) in [5.74, 6) is 0.569. The molecule has 2 aromatic carbocycles. The third kappa shape index (κ3) is 4.29. The number of aryl methyl sites for hydroxylation is 1. The number of ether oxygens (including phenoxy) is 1. The Kier molecular flexibility index (Phi) is 5.34. The molecule has 0 saturated heterocycles. The van der Waals surface area contributed by atoms with Crippen LogP contribution in [0.1, 0.15) is 15.9 Å². The van der Waals surface area contributed by atoms with Gasteiger partial charge in [-0.1, -0.05) is 29.3 Å². The Balaban J connectivity index is 1.71. The van der Waals surface area contributed by atoms with Crippen molar-refractivity contribution in [2.75, 3.05) is 17.7 Å². The highest BCUT2D eigenvalue weighted by molar-refractivity contribution is 6.31. The van der Waals surface area contributed by atoms with Crippen LogP contribution in [0.15, 0.2) is 54.9 Å². The fraction of sp³-hybridized carbons (Fsp3) is 0.105. The average molecular weight is 369 g/mol. The zero-order valence-electron chi connectivity index (χ0n) is 14.3. The number of anilines is 3. The van der Waals surface area contributed by atoms with Crippen molar-refractivity contribution >= 4 is 34.8 Å². The van der Waals surface area contributed by atoms with E-state index in [-0.39, 0.29) is 5.91 Å². The standard InChI is InChI=1S/C19H17ClN4O2/c1-12-3-6-15(7-4-12)23-19-21-10-13(11-22-19)18(25)24-16-9-14(20)5-8-17(16)26-2/h3-11H,1-2H3,(H,24,25)(H,21,22,23). The van der Waals surface area contributed by atoms with Crippen molar-refractivity contribution in [3.8, 4) is 5.75 Å². The third-order valence-electron chi connectivity index (χ3n) is 3.63. The zero-order valence-corrected chi connectivity index (χ0v) is 15.0. The van der Waals surface area contributed by atoms with Gasteiger partial charge in [0.15, 0.2) is 0 Å². The van der Waals surface area contributed by atoms with Gasteiger partial charge in [-0.3, -0.25) is 4.79 Å². The lowest BCUT2D eigenvalue weighted by Gasteiger charge is -2.10. The van der Waals surface area contributed by atoms with Crippen LogP contribution in [0.3, 0.4) is 0 Å². The van der Waals surface area contributed by atoms with Crippen molar-refractivity contribution in [1.82, 2.24) is 9.97 Å². The molecule has 0 spiro atoms. The number of rotatable bonds is 5. The Bertz CT molecular complexity index is 912. The molecule has 0 fully saturated rings. The van der Waals surface area contributed by atoms with Gasteiger partial charge in [0.2, 0.25) is 5.95 Å². The number of hydrogen-bond acceptors (Lipinski definition) is 5. The Hall–Kier alpha value is -3.12. The highest BCUT2D eigenvalue weighted by Crippen LogP contribution is 2.28. The lowest BCUT2D eigenvalue weighted by Crippen LogP contribution is -2.13. The Morgan fingerprint density at radius 1 is 1.08 bits per heavy atom. The SMILES string of the molecule is COc1ccc(Cl)cc1NC(=O)c1cnc(Nc2ccc(C)cc2)nc1. The Labute approximate surface area is 156 Å². The number of hydrogen-bond donors (Lipinski definition) is 2. The highest BCUT2D eigenvalue weighted by Gasteiger charge is 2.11. The van der Waals surface area contributed by atoms with E-state index in [0.29, 0.717) is 28.0 Å². The van der Waals surface area contributed by atoms with Crippen LogP contribution in [-0.2, 0) is 0 Å². The fourth-order valence-corrected chi connectivity index (χ4v) is 2.42. The molecule has 26 heavy (non-hydrogen) atoms. The maximum Gasteiger partial charge on any atom is 0.258 e. The van der Waals surface area contributed by atoms with Crippen LogP contribution >= 0.6 is 11.6 Å². The summed E-state index contributed by atoms with van der Waals surface area (Å²) >= 11 is 5.97. The van der Waals surface area contributed by atoms with E-state index in [1.807, 2.05) is 31.2 Å². The van der Waals surface area contributed by atoms with Gasteiger partial charge in [0.05, 0.1) is 18.4 Å². The lowest BCUT2D eigenvalue weighted by molar-refractivity contribution is 0.102. The van der Waals surface area contributed by atoms with Crippen molar-refractivity contribution in [1.29, 1.82) is 0 Å². The summed E-state index contributed by atoms with van der Waals surface area (Å²) in [5.41, 5.74) is 2.84. The molecule has 0 aliphatic rings. The summed E-state index contributed by atoms with van der Waals surface area (Å²) in [6, 6.07) is 12.8. The molecule has 3 rings (SSSR count). The predicted molar refractivity (Wildman–Crippen MR) is 102 cm³/mol. The van der Waals surface area contributed by atoms with Crippen molar-refractivity contribution in [2.24, 2.45) is 0 Å². The van der Waals surface area contributed by atoms with Crippen molar-refractivity contribution in [3.05, 3.63) is 71.0 Å². The van der Waals surface area contributed by atoms with Gasteiger partial charge in [-0.25, -0.2) is 9.97 Å². The number of methoxy groups -OCH3 is 1. The number of nitrogens with one attached hydrogen (secondary N) is 2. The molecule has 1 heterocycles. The van der Waals surface area contributed by atoms with E-state index in [9.17, 15) is 4.79 Å². The predicted octanol–water partition coefficient (Wildman–Crippen LogP) is 4.44. The van der Waals surface area contributed by atoms with Gasteiger partial charge in [-0.05, 0) is 37.3 Å². The molecular weight excluding hydrogens is 352 g/mol. The summed E-state index contributed by atoms with van der Waals surface area (Å²) in [6.07, 6.45) is 2.91. The van der Waals surface area contributed by atoms with E-state index in [0.717, 1.165) is 5.69 Å². The quantitative estimate of drug-likeness (QED) is 0.696. The van der Waals surface area contributed by atoms with Crippen molar-refractivity contribution in [2.45, 2.75) is 6.92 Å². The molecular formula is C19H17ClN4O2. The molecule has 0 atom stereocenters. The normalized spacial score (nSPS) is 10.3. The monoisotopic (exact) mass is 368 g/mol. The first kappa shape index (κ1) is 17.7. The van der Waals surface area contributed by atoms with E-state index in [2.05, 4.69) is 20.6 Å². The van der Waals surface area contributed by atoms with Gasteiger partial charge in [0, 0.05) is 23.1 Å². The van der Waals surface area contributed by atoms with Gasteiger partial charge < -0.3 is 15.4 Å². The first-order valence-electron chi connectivity index (χ1n) is 7.86. The maximum absolute atomic E-state index is 12.4. The molecule has 2 N–H and O–H groups in total. The minimum Gasteiger partial charge on any atom is -0.495 e. The van der Waals surface area contributed by atoms with Gasteiger partial charge in [0.25, 0.3) is 5.91 Å². The molecule has 0 unspecified atom stereocenters. The van der Waals surface area contributed by atoms with E-state index in [1.165, 1.54) is 25.1 Å². The summed E-state index contributed by atoms with van der Waals surface area (Å²) in [7, 11) is 1.52. The van der Waals surface area contributed by atoms with E-state index in [4.69, 9.17) is 16.3 Å². The van der Waals surface area contributed by atoms with Gasteiger partial charge in [-0.2, -0.15) is 0 Å². The molecule has 0 bridgehead atoms. The van der Waals surface area contributed by atoms with E-state index >= 15 is 0 Å². The molecule has 3 aromatic rings. The maximum atomic E-state index is 12.4. The second-order valence-corrected chi connectivity index (χ2v) is 6.02. The summed E-state index contributed by atoms with van der Waals surface area (Å²) in [6.45, 7) is 2.02. The van der Waals surface area contributed by atoms with Crippen LogP contribution in [0.2, 0.25) is 5.02 Å². The number of aromatic nitrogens is 2. The first-order valence-corrected chi connectivity index (χ1v) is 8.23. The molecule has 0 radical (unpaired) electrons. The van der Waals surface area contributed by atoms with Crippen molar-refractivity contribution in [3.63, 3.8) is 0 Å². The molecule has 1 aromatic heterocycles. The smallest absolute Gasteiger partial charge is 0.258 e. The summed E-state index contributed by atoms with van der Waals surface area (Å²) in [5, 5.41) is 6.32. The number of carbonyl (C=O) groups is 1. The number of nitrogens with zero attached hydrogens (tertiary/aromatic N) is 2. The number of benzene rings is 2. The molecule has 0 aliphatic carbocycles. The van der Waals surface area contributed by atoms with Crippen LogP contribution in [0.25, 0.3) is 0 Å². The first-order chi connectivity index (χ1) is 12.5. The van der Waals surface area contributed by atoms with Crippen molar-refractivity contribution < 1.29 is 9.53 Å². The second kappa shape index (κ2) is 7.84. The molecule has 0 aliphatic heterocycles. The lowest BCUT2D eigenvalue weighted by atomic mass is 10.2. The minimum atomic E-state index is -0.354. The molecule has 1 amide bonds. The third-order valence-corrected chi connectivity index (χ3v) is 3.87. The minimum absolute atomic E-state index is 0.321. The van der Waals surface area contributed by atoms with Crippen LogP contribution < -0.4 is 15.4 Å². The molecule has 132 valence electrons. The number of halogens is 1.